The van der Waals surface area contributed by atoms with E-state index in [2.05, 4.69) is 32.2 Å². The van der Waals surface area contributed by atoms with Crippen molar-refractivity contribution in [3.63, 3.8) is 0 Å². The molecule has 4 N–H and O–H groups in total. The Kier molecular flexibility index (Phi) is 6.37. The number of nitrogen functional groups attached to an aromatic ring is 1. The number of nitrogens with one attached hydrogen (secondary N) is 2. The summed E-state index contributed by atoms with van der Waals surface area (Å²) in [5.41, 5.74) is 11.5. The molecule has 7 heteroatoms. The highest BCUT2D eigenvalue weighted by atomic mass is 16.5. The zero-order valence-electron chi connectivity index (χ0n) is 20.1. The second-order valence-corrected chi connectivity index (χ2v) is 9.77. The Balaban J connectivity index is 1.42. The highest BCUT2D eigenvalue weighted by molar-refractivity contribution is 6.02. The smallest absolute Gasteiger partial charge is 0.319 e. The molecular weight excluding hydrogens is 426 g/mol. The van der Waals surface area contributed by atoms with Gasteiger partial charge in [-0.3, -0.25) is 4.90 Å². The Morgan fingerprint density at radius 2 is 1.88 bits per heavy atom. The number of likely N-dealkylation sites (tertiary alicyclic amines) is 1. The Morgan fingerprint density at radius 3 is 2.50 bits per heavy atom. The Labute approximate surface area is 201 Å². The van der Waals surface area contributed by atoms with Gasteiger partial charge in [-0.1, -0.05) is 12.1 Å². The molecule has 1 saturated carbocycles. The number of hydrogen-bond acceptors (Lipinski definition) is 4. The number of nitrogens with two attached hydrogens (primary N) is 1. The van der Waals surface area contributed by atoms with Crippen molar-refractivity contribution in [1.29, 1.82) is 0 Å². The largest absolute Gasteiger partial charge is 0.492 e. The summed E-state index contributed by atoms with van der Waals surface area (Å²) in [5.74, 6) is 0.897. The van der Waals surface area contributed by atoms with Gasteiger partial charge in [0.15, 0.2) is 0 Å². The molecule has 0 atom stereocenters. The Bertz CT molecular complexity index is 1160. The van der Waals surface area contributed by atoms with E-state index in [1.165, 1.54) is 25.9 Å². The number of rotatable bonds is 8. The number of nitrogens with zero attached hydrogens (tertiary/aromatic N) is 2. The van der Waals surface area contributed by atoms with Crippen molar-refractivity contribution < 1.29 is 9.53 Å². The molecule has 2 aliphatic rings. The number of fused-ring (bicyclic) bond motifs is 1. The molecule has 1 saturated heterocycles. The molecule has 0 radical (unpaired) electrons. The maximum absolute atomic E-state index is 12.0. The van der Waals surface area contributed by atoms with Crippen LogP contribution in [0, 0.1) is 0 Å². The minimum Gasteiger partial charge on any atom is -0.492 e. The van der Waals surface area contributed by atoms with Gasteiger partial charge < -0.3 is 25.7 Å². The molecule has 2 heterocycles. The molecule has 3 aromatic rings. The van der Waals surface area contributed by atoms with Gasteiger partial charge in [0.2, 0.25) is 0 Å². The van der Waals surface area contributed by atoms with Gasteiger partial charge >= 0.3 is 6.03 Å². The summed E-state index contributed by atoms with van der Waals surface area (Å²) >= 11 is 0. The van der Waals surface area contributed by atoms with Crippen LogP contribution in [0.1, 0.15) is 45.6 Å². The van der Waals surface area contributed by atoms with E-state index >= 15 is 0 Å². The number of ether oxygens (including phenoxy) is 1. The van der Waals surface area contributed by atoms with Gasteiger partial charge in [-0.2, -0.15) is 0 Å². The molecular formula is C27H35N5O2. The van der Waals surface area contributed by atoms with E-state index in [-0.39, 0.29) is 12.1 Å². The van der Waals surface area contributed by atoms with Crippen molar-refractivity contribution in [3.05, 3.63) is 42.5 Å². The first-order chi connectivity index (χ1) is 16.5. The van der Waals surface area contributed by atoms with Gasteiger partial charge in [-0.15, -0.1) is 0 Å². The number of hydrogen-bond donors (Lipinski definition) is 3. The average Bonchev–Trinajstić information content (AvgIpc) is 3.00. The first-order valence-electron chi connectivity index (χ1n) is 12.5. The minimum absolute atomic E-state index is 0.0850. The summed E-state index contributed by atoms with van der Waals surface area (Å²) < 4.78 is 8.51. The fourth-order valence-electron chi connectivity index (χ4n) is 4.76. The highest BCUT2D eigenvalue weighted by Gasteiger charge is 2.27. The van der Waals surface area contributed by atoms with E-state index in [4.69, 9.17) is 10.5 Å². The van der Waals surface area contributed by atoms with Crippen molar-refractivity contribution in [1.82, 2.24) is 14.8 Å². The lowest BCUT2D eigenvalue weighted by Crippen LogP contribution is -2.39. The van der Waals surface area contributed by atoms with E-state index in [1.54, 1.807) is 0 Å². The monoisotopic (exact) mass is 461 g/mol. The molecule has 2 amide bonds. The number of anilines is 2. The third-order valence-electron chi connectivity index (χ3n) is 6.92. The lowest BCUT2D eigenvalue weighted by Gasteiger charge is -2.30. The van der Waals surface area contributed by atoms with Crippen LogP contribution in [0.4, 0.5) is 16.2 Å². The normalized spacial score (nSPS) is 16.3. The molecule has 1 aliphatic carbocycles. The van der Waals surface area contributed by atoms with E-state index in [9.17, 15) is 4.79 Å². The maximum Gasteiger partial charge on any atom is 0.319 e. The van der Waals surface area contributed by atoms with Crippen molar-refractivity contribution >= 4 is 28.3 Å². The fourth-order valence-corrected chi connectivity index (χ4v) is 4.76. The van der Waals surface area contributed by atoms with Gasteiger partial charge in [0.05, 0.1) is 16.9 Å². The fraction of sp³-hybridized carbons (Fsp3) is 0.444. The van der Waals surface area contributed by atoms with Crippen LogP contribution in [0.25, 0.3) is 22.2 Å². The van der Waals surface area contributed by atoms with Crippen LogP contribution in [0.15, 0.2) is 42.5 Å². The Morgan fingerprint density at radius 1 is 1.12 bits per heavy atom. The van der Waals surface area contributed by atoms with Crippen molar-refractivity contribution in [2.75, 3.05) is 37.3 Å². The third-order valence-corrected chi connectivity index (χ3v) is 6.92. The highest BCUT2D eigenvalue weighted by Crippen LogP contribution is 2.44. The van der Waals surface area contributed by atoms with E-state index < -0.39 is 0 Å². The predicted octanol–water partition coefficient (Wildman–Crippen LogP) is 5.23. The first kappa shape index (κ1) is 22.6. The minimum atomic E-state index is -0.201. The van der Waals surface area contributed by atoms with Gasteiger partial charge in [-0.05, 0) is 76.9 Å². The van der Waals surface area contributed by atoms with Crippen molar-refractivity contribution in [2.24, 2.45) is 0 Å². The van der Waals surface area contributed by atoms with Crippen molar-refractivity contribution in [2.45, 2.75) is 51.6 Å². The van der Waals surface area contributed by atoms with Gasteiger partial charge in [0.1, 0.15) is 12.4 Å². The van der Waals surface area contributed by atoms with Crippen LogP contribution in [0.3, 0.4) is 0 Å². The molecule has 34 heavy (non-hydrogen) atoms. The van der Waals surface area contributed by atoms with E-state index in [1.807, 2.05) is 44.2 Å². The predicted molar refractivity (Wildman–Crippen MR) is 139 cm³/mol. The van der Waals surface area contributed by atoms with Crippen LogP contribution in [0.5, 0.6) is 5.75 Å². The summed E-state index contributed by atoms with van der Waals surface area (Å²) in [4.78, 5) is 14.5. The Hall–Kier alpha value is -3.19. The first-order valence-corrected chi connectivity index (χ1v) is 12.5. The van der Waals surface area contributed by atoms with Gasteiger partial charge in [0, 0.05) is 41.3 Å². The standard InChI is InChI=1S/C27H35N5O2/c1-18(2)29-27(33)30-20-9-7-19(8-10-20)26-25(28)23-12-11-22(34-16-15-31-13-4-14-31)17-24(23)32(26)21-5-3-6-21/h7-12,17-18,21H,3-6,13-16,28H2,1-2H3,(H2,29,30,33). The second kappa shape index (κ2) is 9.58. The molecule has 2 fully saturated rings. The average molecular weight is 462 g/mol. The quantitative estimate of drug-likeness (QED) is 0.429. The lowest BCUT2D eigenvalue weighted by molar-refractivity contribution is 0.147. The van der Waals surface area contributed by atoms with Gasteiger partial charge in [0.25, 0.3) is 0 Å². The van der Waals surface area contributed by atoms with Crippen LogP contribution in [-0.2, 0) is 0 Å². The lowest BCUT2D eigenvalue weighted by atomic mass is 9.92. The third kappa shape index (κ3) is 4.57. The summed E-state index contributed by atoms with van der Waals surface area (Å²) in [7, 11) is 0. The second-order valence-electron chi connectivity index (χ2n) is 9.77. The van der Waals surface area contributed by atoms with E-state index in [0.717, 1.165) is 58.7 Å². The summed E-state index contributed by atoms with van der Waals surface area (Å²) in [6, 6.07) is 14.5. The zero-order chi connectivity index (χ0) is 23.7. The number of amides is 2. The summed E-state index contributed by atoms with van der Waals surface area (Å²) in [6.07, 6.45) is 4.85. The molecule has 2 aromatic carbocycles. The van der Waals surface area contributed by atoms with Gasteiger partial charge in [-0.25, -0.2) is 4.79 Å². The summed E-state index contributed by atoms with van der Waals surface area (Å²) in [5, 5.41) is 6.80. The number of aromatic nitrogens is 1. The van der Waals surface area contributed by atoms with Crippen LogP contribution >= 0.6 is 0 Å². The molecule has 1 aromatic heterocycles. The molecule has 0 bridgehead atoms. The molecule has 180 valence electrons. The molecule has 5 rings (SSSR count). The van der Waals surface area contributed by atoms with Crippen molar-refractivity contribution in [3.8, 4) is 17.0 Å². The SMILES string of the molecule is CC(C)NC(=O)Nc1ccc(-c2c(N)c3ccc(OCCN4CCC4)cc3n2C2CCC2)cc1. The van der Waals surface area contributed by atoms with Crippen LogP contribution < -0.4 is 21.1 Å². The summed E-state index contributed by atoms with van der Waals surface area (Å²) in [6.45, 7) is 7.93. The number of carbonyl (C=O) groups excluding carboxylic acids is 1. The number of benzene rings is 2. The zero-order valence-corrected chi connectivity index (χ0v) is 20.1. The van der Waals surface area contributed by atoms with E-state index in [0.29, 0.717) is 12.6 Å². The molecule has 0 unspecified atom stereocenters. The van der Waals surface area contributed by atoms with Crippen LogP contribution in [-0.4, -0.2) is 47.8 Å². The molecule has 1 aliphatic heterocycles. The van der Waals surface area contributed by atoms with Crippen LogP contribution in [0.2, 0.25) is 0 Å². The molecule has 0 spiro atoms. The number of urea groups is 1. The molecule has 7 nitrogen and oxygen atoms in total. The topological polar surface area (TPSA) is 84.6 Å². The maximum atomic E-state index is 12.0. The number of carbonyl (C=O) groups is 1.